The molecule has 0 bridgehead atoms. The van der Waals surface area contributed by atoms with Gasteiger partial charge >= 0.3 is 5.69 Å². The Bertz CT molecular complexity index is 882. The molecule has 0 N–H and O–H groups in total. The second-order valence-electron chi connectivity index (χ2n) is 5.52. The van der Waals surface area contributed by atoms with Crippen molar-refractivity contribution < 1.29 is 0 Å². The number of rotatable bonds is 3. The third-order valence-electron chi connectivity index (χ3n) is 4.07. The molecule has 2 aromatic carbocycles. The molecule has 1 aliphatic carbocycles. The van der Waals surface area contributed by atoms with E-state index in [-0.39, 0.29) is 5.69 Å². The highest BCUT2D eigenvalue weighted by molar-refractivity contribution is 5.82. The molecule has 0 radical (unpaired) electrons. The van der Waals surface area contributed by atoms with Gasteiger partial charge in [-0.3, -0.25) is 9.13 Å². The molecule has 4 rings (SSSR count). The zero-order valence-corrected chi connectivity index (χ0v) is 11.7. The molecule has 104 valence electrons. The summed E-state index contributed by atoms with van der Waals surface area (Å²) in [7, 11) is 0. The van der Waals surface area contributed by atoms with E-state index >= 15 is 0 Å². The largest absolute Gasteiger partial charge is 0.333 e. The molecule has 1 heterocycles. The number of nitrogens with zero attached hydrogens (tertiary/aromatic N) is 2. The SMILES string of the molecule is C=C(c1ccccc1)n1c(=O)n(C2CC2)c2ccccc21. The number of imidazole rings is 1. The predicted octanol–water partition coefficient (Wildman–Crippen LogP) is 3.66. The van der Waals surface area contributed by atoms with Crippen LogP contribution in [0.3, 0.4) is 0 Å². The Hall–Kier alpha value is -2.55. The van der Waals surface area contributed by atoms with Crippen molar-refractivity contribution in [1.82, 2.24) is 9.13 Å². The summed E-state index contributed by atoms with van der Waals surface area (Å²) < 4.78 is 3.66. The standard InChI is InChI=1S/C18H16N2O/c1-13(14-7-3-2-4-8-14)19-16-9-5-6-10-17(16)20(18(19)21)15-11-12-15/h2-10,15H,1,11-12H2. The fourth-order valence-electron chi connectivity index (χ4n) is 2.88. The maximum atomic E-state index is 12.8. The smallest absolute Gasteiger partial charge is 0.289 e. The number of fused-ring (bicyclic) bond motifs is 1. The number of hydrogen-bond donors (Lipinski definition) is 0. The van der Waals surface area contributed by atoms with Gasteiger partial charge in [-0.2, -0.15) is 0 Å². The number of aromatic nitrogens is 2. The van der Waals surface area contributed by atoms with Gasteiger partial charge in [-0.15, -0.1) is 0 Å². The minimum absolute atomic E-state index is 0.0209. The molecule has 0 saturated heterocycles. The van der Waals surface area contributed by atoms with Crippen LogP contribution < -0.4 is 5.69 Å². The fraction of sp³-hybridized carbons (Fsp3) is 0.167. The van der Waals surface area contributed by atoms with Crippen molar-refractivity contribution in [1.29, 1.82) is 0 Å². The van der Waals surface area contributed by atoms with Gasteiger partial charge < -0.3 is 0 Å². The van der Waals surface area contributed by atoms with Crippen molar-refractivity contribution in [2.75, 3.05) is 0 Å². The second-order valence-corrected chi connectivity index (χ2v) is 5.52. The van der Waals surface area contributed by atoms with Crippen molar-refractivity contribution in [3.05, 3.63) is 77.2 Å². The average molecular weight is 276 g/mol. The van der Waals surface area contributed by atoms with Crippen LogP contribution in [-0.4, -0.2) is 9.13 Å². The second kappa shape index (κ2) is 4.48. The molecule has 3 aromatic rings. The summed E-state index contributed by atoms with van der Waals surface area (Å²) >= 11 is 0. The molecule has 21 heavy (non-hydrogen) atoms. The molecule has 1 aliphatic rings. The van der Waals surface area contributed by atoms with Gasteiger partial charge in [0.05, 0.1) is 16.7 Å². The monoisotopic (exact) mass is 276 g/mol. The first kappa shape index (κ1) is 12.2. The molecule has 0 atom stereocenters. The lowest BCUT2D eigenvalue weighted by molar-refractivity contribution is 0.719. The summed E-state index contributed by atoms with van der Waals surface area (Å²) in [6, 6.07) is 18.2. The molecule has 1 aromatic heterocycles. The summed E-state index contributed by atoms with van der Waals surface area (Å²) in [5, 5.41) is 0. The van der Waals surface area contributed by atoms with Crippen molar-refractivity contribution in [2.45, 2.75) is 18.9 Å². The van der Waals surface area contributed by atoms with Crippen LogP contribution in [0.4, 0.5) is 0 Å². The first-order chi connectivity index (χ1) is 10.3. The number of benzene rings is 2. The highest BCUT2D eigenvalue weighted by Gasteiger charge is 2.29. The average Bonchev–Trinajstić information content (AvgIpc) is 3.31. The summed E-state index contributed by atoms with van der Waals surface area (Å²) in [5.41, 5.74) is 3.66. The Morgan fingerprint density at radius 2 is 1.57 bits per heavy atom. The third kappa shape index (κ3) is 1.85. The van der Waals surface area contributed by atoms with Crippen LogP contribution in [0.15, 0.2) is 66.0 Å². The first-order valence-corrected chi connectivity index (χ1v) is 7.24. The summed E-state index contributed by atoms with van der Waals surface area (Å²) in [5.74, 6) is 0. The van der Waals surface area contributed by atoms with Crippen LogP contribution in [0, 0.1) is 0 Å². The van der Waals surface area contributed by atoms with Gasteiger partial charge in [0.1, 0.15) is 0 Å². The molecule has 0 unspecified atom stereocenters. The lowest BCUT2D eigenvalue weighted by atomic mass is 10.1. The van der Waals surface area contributed by atoms with Crippen LogP contribution in [-0.2, 0) is 0 Å². The predicted molar refractivity (Wildman–Crippen MR) is 85.3 cm³/mol. The molecular weight excluding hydrogens is 260 g/mol. The Morgan fingerprint density at radius 3 is 2.24 bits per heavy atom. The Balaban J connectivity index is 1.99. The van der Waals surface area contributed by atoms with Crippen LogP contribution >= 0.6 is 0 Å². The van der Waals surface area contributed by atoms with Gasteiger partial charge in [-0.05, 0) is 30.5 Å². The van der Waals surface area contributed by atoms with Crippen molar-refractivity contribution >= 4 is 16.7 Å². The Morgan fingerprint density at radius 1 is 0.952 bits per heavy atom. The molecule has 0 amide bonds. The van der Waals surface area contributed by atoms with Gasteiger partial charge in [0.25, 0.3) is 0 Å². The Kier molecular flexibility index (Phi) is 2.61. The van der Waals surface area contributed by atoms with E-state index in [1.54, 1.807) is 4.57 Å². The highest BCUT2D eigenvalue weighted by atomic mass is 16.1. The number of hydrogen-bond acceptors (Lipinski definition) is 1. The minimum Gasteiger partial charge on any atom is -0.289 e. The van der Waals surface area contributed by atoms with E-state index in [2.05, 4.69) is 6.58 Å². The van der Waals surface area contributed by atoms with Crippen LogP contribution in [0.5, 0.6) is 0 Å². The van der Waals surface area contributed by atoms with E-state index in [9.17, 15) is 4.79 Å². The Labute approximate surface area is 122 Å². The molecular formula is C18H16N2O. The zero-order chi connectivity index (χ0) is 14.4. The van der Waals surface area contributed by atoms with Gasteiger partial charge in [0, 0.05) is 6.04 Å². The molecule has 1 saturated carbocycles. The van der Waals surface area contributed by atoms with E-state index in [0.29, 0.717) is 6.04 Å². The number of para-hydroxylation sites is 2. The van der Waals surface area contributed by atoms with E-state index < -0.39 is 0 Å². The normalized spacial score (nSPS) is 14.5. The molecule has 1 fully saturated rings. The van der Waals surface area contributed by atoms with Crippen molar-refractivity contribution in [3.8, 4) is 0 Å². The summed E-state index contributed by atoms with van der Waals surface area (Å²) in [4.78, 5) is 12.8. The minimum atomic E-state index is 0.0209. The van der Waals surface area contributed by atoms with E-state index in [1.165, 1.54) is 0 Å². The zero-order valence-electron chi connectivity index (χ0n) is 11.7. The van der Waals surface area contributed by atoms with Crippen LogP contribution in [0.25, 0.3) is 16.7 Å². The first-order valence-electron chi connectivity index (χ1n) is 7.24. The molecule has 3 heteroatoms. The lowest BCUT2D eigenvalue weighted by Gasteiger charge is -2.07. The van der Waals surface area contributed by atoms with Gasteiger partial charge in [0.15, 0.2) is 0 Å². The van der Waals surface area contributed by atoms with Crippen LogP contribution in [0.2, 0.25) is 0 Å². The fourth-order valence-corrected chi connectivity index (χ4v) is 2.88. The lowest BCUT2D eigenvalue weighted by Crippen LogP contribution is -2.23. The topological polar surface area (TPSA) is 26.9 Å². The quantitative estimate of drug-likeness (QED) is 0.717. The van der Waals surface area contributed by atoms with Crippen molar-refractivity contribution in [2.24, 2.45) is 0 Å². The van der Waals surface area contributed by atoms with E-state index in [4.69, 9.17) is 0 Å². The molecule has 3 nitrogen and oxygen atoms in total. The summed E-state index contributed by atoms with van der Waals surface area (Å²) in [6.45, 7) is 4.15. The van der Waals surface area contributed by atoms with E-state index in [1.807, 2.05) is 59.2 Å². The summed E-state index contributed by atoms with van der Waals surface area (Å²) in [6.07, 6.45) is 2.18. The van der Waals surface area contributed by atoms with Crippen molar-refractivity contribution in [3.63, 3.8) is 0 Å². The maximum absolute atomic E-state index is 12.8. The molecule has 0 aliphatic heterocycles. The van der Waals surface area contributed by atoms with E-state index in [0.717, 1.165) is 35.1 Å². The third-order valence-corrected chi connectivity index (χ3v) is 4.07. The van der Waals surface area contributed by atoms with Gasteiger partial charge in [-0.25, -0.2) is 4.79 Å². The highest BCUT2D eigenvalue weighted by Crippen LogP contribution is 2.36. The van der Waals surface area contributed by atoms with Crippen LogP contribution in [0.1, 0.15) is 24.4 Å². The molecule has 0 spiro atoms. The van der Waals surface area contributed by atoms with Gasteiger partial charge in [0.2, 0.25) is 0 Å². The van der Waals surface area contributed by atoms with Gasteiger partial charge in [-0.1, -0.05) is 49.0 Å². The maximum Gasteiger partial charge on any atom is 0.333 e.